The average Bonchev–Trinajstić information content (AvgIpc) is 2.68. The molecule has 0 unspecified atom stereocenters. The molecule has 1 amide bonds. The van der Waals surface area contributed by atoms with Gasteiger partial charge in [-0.05, 0) is 60.7 Å². The van der Waals surface area contributed by atoms with Gasteiger partial charge in [0, 0.05) is 41.7 Å². The van der Waals surface area contributed by atoms with E-state index in [0.29, 0.717) is 6.54 Å². The third kappa shape index (κ3) is 6.84. The Morgan fingerprint density at radius 2 is 2.04 bits per heavy atom. The molecule has 2 aromatic carbocycles. The Morgan fingerprint density at radius 3 is 2.79 bits per heavy atom. The van der Waals surface area contributed by atoms with Crippen LogP contribution in [0.5, 0.6) is 0 Å². The number of carbonyl (C=O) groups is 1. The first-order chi connectivity index (χ1) is 13.6. The van der Waals surface area contributed by atoms with E-state index in [0.717, 1.165) is 34.6 Å². The van der Waals surface area contributed by atoms with Gasteiger partial charge >= 0.3 is 0 Å². The van der Waals surface area contributed by atoms with Crippen LogP contribution in [0.3, 0.4) is 0 Å². The van der Waals surface area contributed by atoms with Crippen LogP contribution in [0, 0.1) is 5.92 Å². The summed E-state index contributed by atoms with van der Waals surface area (Å²) in [5, 5.41) is 3.78. The van der Waals surface area contributed by atoms with E-state index in [1.165, 1.54) is 37.1 Å². The molecule has 150 valence electrons. The third-order valence-electron chi connectivity index (χ3n) is 5.05. The van der Waals surface area contributed by atoms with Crippen molar-refractivity contribution in [2.24, 2.45) is 5.92 Å². The number of carbonyl (C=O) groups excluding carboxylic acids is 1. The highest BCUT2D eigenvalue weighted by Crippen LogP contribution is 2.18. The van der Waals surface area contributed by atoms with Gasteiger partial charge in [-0.2, -0.15) is 11.8 Å². The summed E-state index contributed by atoms with van der Waals surface area (Å²) in [4.78, 5) is 14.8. The van der Waals surface area contributed by atoms with Gasteiger partial charge in [-0.25, -0.2) is 0 Å². The van der Waals surface area contributed by atoms with Crippen molar-refractivity contribution in [1.82, 2.24) is 10.2 Å². The van der Waals surface area contributed by atoms with Gasteiger partial charge in [0.2, 0.25) is 0 Å². The van der Waals surface area contributed by atoms with E-state index in [9.17, 15) is 4.79 Å². The molecule has 0 aliphatic carbocycles. The number of thioether (sulfide) groups is 1. The molecule has 1 saturated heterocycles. The summed E-state index contributed by atoms with van der Waals surface area (Å²) in [6.07, 6.45) is 2.63. The zero-order valence-corrected chi connectivity index (χ0v) is 18.1. The number of nitrogens with zero attached hydrogens (tertiary/aromatic N) is 1. The number of piperidine rings is 1. The second kappa shape index (κ2) is 10.9. The molecule has 1 atom stereocenters. The second-order valence-corrected chi connectivity index (χ2v) is 9.16. The fraction of sp³-hybridized carbons (Fsp3) is 0.435. The molecule has 1 aliphatic heterocycles. The van der Waals surface area contributed by atoms with Crippen molar-refractivity contribution in [1.29, 1.82) is 0 Å². The van der Waals surface area contributed by atoms with Crippen LogP contribution < -0.4 is 5.32 Å². The molecule has 1 N–H and O–H groups in total. The predicted molar refractivity (Wildman–Crippen MR) is 120 cm³/mol. The first-order valence-electron chi connectivity index (χ1n) is 10.0. The zero-order chi connectivity index (χ0) is 19.8. The molecule has 1 aliphatic rings. The highest BCUT2D eigenvalue weighted by Gasteiger charge is 2.16. The number of likely N-dealkylation sites (tertiary alicyclic amines) is 1. The van der Waals surface area contributed by atoms with E-state index in [1.54, 1.807) is 11.8 Å². The minimum Gasteiger partial charge on any atom is -0.351 e. The Morgan fingerprint density at radius 1 is 1.21 bits per heavy atom. The maximum Gasteiger partial charge on any atom is 0.251 e. The minimum absolute atomic E-state index is 0.00139. The Hall–Kier alpha value is -1.49. The van der Waals surface area contributed by atoms with Gasteiger partial charge in [0.15, 0.2) is 0 Å². The van der Waals surface area contributed by atoms with Crippen molar-refractivity contribution in [3.05, 3.63) is 70.2 Å². The molecule has 0 bridgehead atoms. The Balaban J connectivity index is 1.37. The Kier molecular flexibility index (Phi) is 8.26. The van der Waals surface area contributed by atoms with Crippen LogP contribution in [0.15, 0.2) is 48.5 Å². The lowest BCUT2D eigenvalue weighted by Crippen LogP contribution is -2.33. The predicted octanol–water partition coefficient (Wildman–Crippen LogP) is 5.24. The van der Waals surface area contributed by atoms with Crippen LogP contribution in [-0.2, 0) is 12.3 Å². The summed E-state index contributed by atoms with van der Waals surface area (Å²) in [5.74, 6) is 2.57. The summed E-state index contributed by atoms with van der Waals surface area (Å²) >= 11 is 7.79. The SMILES string of the molecule is C[C@@H]1CCCN(Cc2ccc(C(=O)NCCSCc3cccc(Cl)c3)cc2)C1. The molecule has 5 heteroatoms. The number of hydrogen-bond donors (Lipinski definition) is 1. The van der Waals surface area contributed by atoms with Crippen molar-refractivity contribution in [3.63, 3.8) is 0 Å². The highest BCUT2D eigenvalue weighted by molar-refractivity contribution is 7.98. The molecule has 0 saturated carbocycles. The monoisotopic (exact) mass is 416 g/mol. The van der Waals surface area contributed by atoms with Crippen molar-refractivity contribution in [3.8, 4) is 0 Å². The standard InChI is InChI=1S/C23H29ClN2OS/c1-18-4-3-12-26(15-18)16-19-7-9-21(10-8-19)23(27)25-11-13-28-17-20-5-2-6-22(24)14-20/h2,5-10,14,18H,3-4,11-13,15-17H2,1H3,(H,25,27)/t18-/m1/s1. The fourth-order valence-electron chi connectivity index (χ4n) is 3.61. The molecule has 3 nitrogen and oxygen atoms in total. The molecular formula is C23H29ClN2OS. The van der Waals surface area contributed by atoms with Gasteiger partial charge < -0.3 is 5.32 Å². The average molecular weight is 417 g/mol. The van der Waals surface area contributed by atoms with Gasteiger partial charge in [0.1, 0.15) is 0 Å². The van der Waals surface area contributed by atoms with Gasteiger partial charge in [0.05, 0.1) is 0 Å². The Labute approximate surface area is 177 Å². The van der Waals surface area contributed by atoms with Crippen LogP contribution >= 0.6 is 23.4 Å². The molecule has 1 heterocycles. The number of halogens is 1. The lowest BCUT2D eigenvalue weighted by atomic mass is 9.99. The van der Waals surface area contributed by atoms with E-state index < -0.39 is 0 Å². The maximum atomic E-state index is 12.3. The van der Waals surface area contributed by atoms with Crippen LogP contribution in [0.1, 0.15) is 41.3 Å². The normalized spacial score (nSPS) is 17.4. The van der Waals surface area contributed by atoms with Crippen LogP contribution in [0.25, 0.3) is 0 Å². The van der Waals surface area contributed by atoms with Gasteiger partial charge in [-0.1, -0.05) is 42.8 Å². The molecule has 28 heavy (non-hydrogen) atoms. The molecule has 3 rings (SSSR count). The largest absolute Gasteiger partial charge is 0.351 e. The van der Waals surface area contributed by atoms with Crippen LogP contribution in [0.2, 0.25) is 5.02 Å². The lowest BCUT2D eigenvalue weighted by Gasteiger charge is -2.30. The molecule has 0 spiro atoms. The molecule has 0 aromatic heterocycles. The van der Waals surface area contributed by atoms with E-state index in [2.05, 4.69) is 35.3 Å². The number of hydrogen-bond acceptors (Lipinski definition) is 3. The smallest absolute Gasteiger partial charge is 0.251 e. The van der Waals surface area contributed by atoms with Crippen LogP contribution in [-0.4, -0.2) is 36.2 Å². The number of amides is 1. The quantitative estimate of drug-likeness (QED) is 0.597. The second-order valence-electron chi connectivity index (χ2n) is 7.62. The third-order valence-corrected chi connectivity index (χ3v) is 6.32. The fourth-order valence-corrected chi connectivity index (χ4v) is 4.62. The first-order valence-corrected chi connectivity index (χ1v) is 11.5. The van der Waals surface area contributed by atoms with Gasteiger partial charge in [0.25, 0.3) is 5.91 Å². The number of nitrogens with one attached hydrogen (secondary N) is 1. The molecular weight excluding hydrogens is 388 g/mol. The lowest BCUT2D eigenvalue weighted by molar-refractivity contribution is 0.0956. The van der Waals surface area contributed by atoms with Crippen molar-refractivity contribution < 1.29 is 4.79 Å². The Bertz CT molecular complexity index is 765. The van der Waals surface area contributed by atoms with E-state index >= 15 is 0 Å². The summed E-state index contributed by atoms with van der Waals surface area (Å²) < 4.78 is 0. The number of rotatable bonds is 8. The van der Waals surface area contributed by atoms with E-state index in [-0.39, 0.29) is 5.91 Å². The van der Waals surface area contributed by atoms with Gasteiger partial charge in [-0.15, -0.1) is 0 Å². The summed E-state index contributed by atoms with van der Waals surface area (Å²) in [6.45, 7) is 6.32. The molecule has 0 radical (unpaired) electrons. The van der Waals surface area contributed by atoms with Gasteiger partial charge in [-0.3, -0.25) is 9.69 Å². The first kappa shape index (κ1) is 21.2. The number of benzene rings is 2. The van der Waals surface area contributed by atoms with E-state index in [4.69, 9.17) is 11.6 Å². The zero-order valence-electron chi connectivity index (χ0n) is 16.5. The van der Waals surface area contributed by atoms with Crippen molar-refractivity contribution in [2.75, 3.05) is 25.4 Å². The topological polar surface area (TPSA) is 32.3 Å². The summed E-state index contributed by atoms with van der Waals surface area (Å²) in [5.41, 5.74) is 3.22. The van der Waals surface area contributed by atoms with E-state index in [1.807, 2.05) is 30.3 Å². The van der Waals surface area contributed by atoms with Crippen molar-refractivity contribution >= 4 is 29.3 Å². The highest BCUT2D eigenvalue weighted by atomic mass is 35.5. The van der Waals surface area contributed by atoms with Crippen molar-refractivity contribution in [2.45, 2.75) is 32.1 Å². The molecule has 1 fully saturated rings. The maximum absolute atomic E-state index is 12.3. The van der Waals surface area contributed by atoms with Crippen LogP contribution in [0.4, 0.5) is 0 Å². The summed E-state index contributed by atoms with van der Waals surface area (Å²) in [6, 6.07) is 16.0. The summed E-state index contributed by atoms with van der Waals surface area (Å²) in [7, 11) is 0. The minimum atomic E-state index is 0.00139. The molecule has 2 aromatic rings.